The molecule has 2 rings (SSSR count). The van der Waals surface area contributed by atoms with Gasteiger partial charge in [-0.05, 0) is 27.8 Å². The SMILES string of the molecule is CNC1COCC1CN1CCN(C(C)(C)C)CC1. The van der Waals surface area contributed by atoms with Gasteiger partial charge in [0.1, 0.15) is 0 Å². The van der Waals surface area contributed by atoms with E-state index in [1.165, 1.54) is 32.7 Å². The molecule has 0 amide bonds. The summed E-state index contributed by atoms with van der Waals surface area (Å²) >= 11 is 0. The minimum absolute atomic E-state index is 0.316. The van der Waals surface area contributed by atoms with Gasteiger partial charge in [-0.3, -0.25) is 4.90 Å². The standard InChI is InChI=1S/C14H29N3O/c1-14(2,3)17-7-5-16(6-8-17)9-12-10-18-11-13(12)15-4/h12-13,15H,5-11H2,1-4H3. The first-order valence-electron chi connectivity index (χ1n) is 7.23. The molecular weight excluding hydrogens is 226 g/mol. The van der Waals surface area contributed by atoms with Gasteiger partial charge in [0.25, 0.3) is 0 Å². The Morgan fingerprint density at radius 1 is 1.11 bits per heavy atom. The normalized spacial score (nSPS) is 32.0. The highest BCUT2D eigenvalue weighted by Crippen LogP contribution is 2.19. The highest BCUT2D eigenvalue weighted by Gasteiger charge is 2.31. The summed E-state index contributed by atoms with van der Waals surface area (Å²) in [6, 6.07) is 0.547. The number of ether oxygens (including phenoxy) is 1. The molecule has 0 aromatic rings. The van der Waals surface area contributed by atoms with Crippen molar-refractivity contribution in [3.63, 3.8) is 0 Å². The summed E-state index contributed by atoms with van der Waals surface area (Å²) in [4.78, 5) is 5.19. The minimum atomic E-state index is 0.316. The molecule has 2 atom stereocenters. The lowest BCUT2D eigenvalue weighted by molar-refractivity contribution is 0.0528. The molecule has 0 aromatic carbocycles. The molecule has 2 saturated heterocycles. The molecule has 0 aliphatic carbocycles. The van der Waals surface area contributed by atoms with Crippen LogP contribution < -0.4 is 5.32 Å². The lowest BCUT2D eigenvalue weighted by atomic mass is 10.0. The van der Waals surface area contributed by atoms with Crippen LogP contribution in [-0.4, -0.2) is 74.4 Å². The summed E-state index contributed by atoms with van der Waals surface area (Å²) in [7, 11) is 2.05. The third kappa shape index (κ3) is 3.44. The Morgan fingerprint density at radius 3 is 2.33 bits per heavy atom. The van der Waals surface area contributed by atoms with Gasteiger partial charge in [0, 0.05) is 50.2 Å². The number of hydrogen-bond donors (Lipinski definition) is 1. The second-order valence-electron chi connectivity index (χ2n) is 6.65. The van der Waals surface area contributed by atoms with E-state index in [1.807, 2.05) is 7.05 Å². The second kappa shape index (κ2) is 5.87. The van der Waals surface area contributed by atoms with E-state index in [9.17, 15) is 0 Å². The molecule has 0 bridgehead atoms. The van der Waals surface area contributed by atoms with Crippen molar-refractivity contribution in [1.29, 1.82) is 0 Å². The first-order valence-corrected chi connectivity index (χ1v) is 7.23. The molecule has 1 N–H and O–H groups in total. The smallest absolute Gasteiger partial charge is 0.0623 e. The van der Waals surface area contributed by atoms with Crippen molar-refractivity contribution >= 4 is 0 Å². The number of nitrogens with zero attached hydrogens (tertiary/aromatic N) is 2. The van der Waals surface area contributed by atoms with E-state index in [1.54, 1.807) is 0 Å². The number of likely N-dealkylation sites (N-methyl/N-ethyl adjacent to an activating group) is 1. The molecule has 2 unspecified atom stereocenters. The molecule has 0 spiro atoms. The van der Waals surface area contributed by atoms with Crippen LogP contribution in [0.5, 0.6) is 0 Å². The van der Waals surface area contributed by atoms with E-state index in [4.69, 9.17) is 4.74 Å². The molecule has 0 radical (unpaired) electrons. The number of nitrogens with one attached hydrogen (secondary N) is 1. The van der Waals surface area contributed by atoms with Gasteiger partial charge in [0.05, 0.1) is 13.2 Å². The van der Waals surface area contributed by atoms with E-state index in [-0.39, 0.29) is 0 Å². The van der Waals surface area contributed by atoms with E-state index in [2.05, 4.69) is 35.9 Å². The summed E-state index contributed by atoms with van der Waals surface area (Å²) in [5.74, 6) is 0.663. The summed E-state index contributed by atoms with van der Waals surface area (Å²) in [6.45, 7) is 14.7. The molecule has 2 aliphatic heterocycles. The van der Waals surface area contributed by atoms with Gasteiger partial charge in [-0.1, -0.05) is 0 Å². The highest BCUT2D eigenvalue weighted by molar-refractivity contribution is 4.86. The molecule has 0 saturated carbocycles. The number of rotatable bonds is 3. The molecule has 0 aromatic heterocycles. The first kappa shape index (κ1) is 14.3. The Hall–Kier alpha value is -0.160. The van der Waals surface area contributed by atoms with Crippen LogP contribution in [0.3, 0.4) is 0 Å². The Labute approximate surface area is 112 Å². The van der Waals surface area contributed by atoms with Gasteiger partial charge in [-0.25, -0.2) is 0 Å². The number of piperazine rings is 1. The van der Waals surface area contributed by atoms with Crippen LogP contribution in [0.2, 0.25) is 0 Å². The zero-order chi connectivity index (χ0) is 13.2. The Kier molecular flexibility index (Phi) is 4.64. The first-order chi connectivity index (χ1) is 8.50. The zero-order valence-electron chi connectivity index (χ0n) is 12.4. The quantitative estimate of drug-likeness (QED) is 0.801. The van der Waals surface area contributed by atoms with Crippen molar-refractivity contribution < 1.29 is 4.74 Å². The maximum absolute atomic E-state index is 5.58. The van der Waals surface area contributed by atoms with E-state index in [0.717, 1.165) is 13.2 Å². The fraction of sp³-hybridized carbons (Fsp3) is 1.00. The Bertz CT molecular complexity index is 256. The molecule has 106 valence electrons. The van der Waals surface area contributed by atoms with Gasteiger partial charge < -0.3 is 15.0 Å². The highest BCUT2D eigenvalue weighted by atomic mass is 16.5. The number of hydrogen-bond acceptors (Lipinski definition) is 4. The predicted octanol–water partition coefficient (Wildman–Crippen LogP) is 0.637. The van der Waals surface area contributed by atoms with Crippen molar-refractivity contribution in [3.8, 4) is 0 Å². The third-order valence-electron chi connectivity index (χ3n) is 4.38. The summed E-state index contributed by atoms with van der Waals surface area (Å²) in [6.07, 6.45) is 0. The fourth-order valence-corrected chi connectivity index (χ4v) is 3.03. The van der Waals surface area contributed by atoms with Crippen LogP contribution in [0.4, 0.5) is 0 Å². The zero-order valence-corrected chi connectivity index (χ0v) is 12.4. The monoisotopic (exact) mass is 255 g/mol. The van der Waals surface area contributed by atoms with Crippen molar-refractivity contribution in [2.24, 2.45) is 5.92 Å². The minimum Gasteiger partial charge on any atom is -0.379 e. The fourth-order valence-electron chi connectivity index (χ4n) is 3.03. The van der Waals surface area contributed by atoms with Crippen LogP contribution >= 0.6 is 0 Å². The van der Waals surface area contributed by atoms with Gasteiger partial charge in [0.15, 0.2) is 0 Å². The predicted molar refractivity (Wildman–Crippen MR) is 74.9 cm³/mol. The second-order valence-corrected chi connectivity index (χ2v) is 6.65. The summed E-state index contributed by atoms with van der Waals surface area (Å²) < 4.78 is 5.58. The van der Waals surface area contributed by atoms with Crippen LogP contribution in [-0.2, 0) is 4.74 Å². The lowest BCUT2D eigenvalue weighted by Gasteiger charge is -2.43. The largest absolute Gasteiger partial charge is 0.379 e. The maximum atomic E-state index is 5.58. The third-order valence-corrected chi connectivity index (χ3v) is 4.38. The lowest BCUT2D eigenvalue weighted by Crippen LogP contribution is -2.54. The average Bonchev–Trinajstić information content (AvgIpc) is 2.76. The molecule has 4 nitrogen and oxygen atoms in total. The molecular formula is C14H29N3O. The van der Waals surface area contributed by atoms with Crippen LogP contribution in [0.15, 0.2) is 0 Å². The van der Waals surface area contributed by atoms with Gasteiger partial charge in [0.2, 0.25) is 0 Å². The molecule has 4 heteroatoms. The van der Waals surface area contributed by atoms with E-state index < -0.39 is 0 Å². The van der Waals surface area contributed by atoms with Crippen LogP contribution in [0.25, 0.3) is 0 Å². The summed E-state index contributed by atoms with van der Waals surface area (Å²) in [5.41, 5.74) is 0.316. The Morgan fingerprint density at radius 2 is 1.78 bits per heavy atom. The van der Waals surface area contributed by atoms with Crippen LogP contribution in [0, 0.1) is 5.92 Å². The van der Waals surface area contributed by atoms with Crippen LogP contribution in [0.1, 0.15) is 20.8 Å². The molecule has 2 fully saturated rings. The van der Waals surface area contributed by atoms with Crippen molar-refractivity contribution in [2.75, 3.05) is 53.0 Å². The Balaban J connectivity index is 1.77. The molecule has 2 heterocycles. The van der Waals surface area contributed by atoms with Crippen molar-refractivity contribution in [1.82, 2.24) is 15.1 Å². The van der Waals surface area contributed by atoms with E-state index >= 15 is 0 Å². The van der Waals surface area contributed by atoms with Crippen molar-refractivity contribution in [3.05, 3.63) is 0 Å². The summed E-state index contributed by atoms with van der Waals surface area (Å²) in [5, 5.41) is 3.37. The van der Waals surface area contributed by atoms with Gasteiger partial charge >= 0.3 is 0 Å². The molecule has 18 heavy (non-hydrogen) atoms. The molecule has 2 aliphatic rings. The van der Waals surface area contributed by atoms with Gasteiger partial charge in [-0.15, -0.1) is 0 Å². The van der Waals surface area contributed by atoms with E-state index in [0.29, 0.717) is 17.5 Å². The average molecular weight is 255 g/mol. The maximum Gasteiger partial charge on any atom is 0.0623 e. The topological polar surface area (TPSA) is 27.7 Å². The van der Waals surface area contributed by atoms with Gasteiger partial charge in [-0.2, -0.15) is 0 Å². The van der Waals surface area contributed by atoms with Crippen molar-refractivity contribution in [2.45, 2.75) is 32.4 Å².